The minimum Gasteiger partial charge on any atom is -0.382 e. The van der Waals surface area contributed by atoms with E-state index in [0.717, 1.165) is 71.1 Å². The van der Waals surface area contributed by atoms with Crippen LogP contribution >= 0.6 is 0 Å². The van der Waals surface area contributed by atoms with Crippen LogP contribution in [0.5, 0.6) is 0 Å². The van der Waals surface area contributed by atoms with Crippen molar-refractivity contribution < 1.29 is 9.53 Å². The number of benzene rings is 2. The monoisotopic (exact) mass is 534 g/mol. The van der Waals surface area contributed by atoms with E-state index in [9.17, 15) is 4.79 Å². The number of carbonyl (C=O) groups is 1. The number of hydrogen-bond acceptors (Lipinski definition) is 7. The van der Waals surface area contributed by atoms with Gasteiger partial charge >= 0.3 is 0 Å². The van der Waals surface area contributed by atoms with Gasteiger partial charge in [0, 0.05) is 56.2 Å². The number of rotatable bonds is 4. The predicted molar refractivity (Wildman–Crippen MR) is 155 cm³/mol. The van der Waals surface area contributed by atoms with Crippen molar-refractivity contribution in [2.24, 2.45) is 0 Å². The zero-order valence-corrected chi connectivity index (χ0v) is 22.3. The van der Waals surface area contributed by atoms with E-state index in [2.05, 4.69) is 61.2 Å². The lowest BCUT2D eigenvalue weighted by Gasteiger charge is -2.37. The maximum atomic E-state index is 12.3. The molecular weight excluding hydrogens is 504 g/mol. The molecule has 0 unspecified atom stereocenters. The summed E-state index contributed by atoms with van der Waals surface area (Å²) < 4.78 is 9.55. The molecule has 0 bridgehead atoms. The van der Waals surface area contributed by atoms with Crippen molar-refractivity contribution >= 4 is 34.3 Å². The Bertz CT molecular complexity index is 1720. The summed E-state index contributed by atoms with van der Waals surface area (Å²) in [6.07, 6.45) is 5.17. The summed E-state index contributed by atoms with van der Waals surface area (Å²) in [4.78, 5) is 20.7. The van der Waals surface area contributed by atoms with Crippen LogP contribution in [0.2, 0.25) is 0 Å². The molecule has 1 saturated heterocycles. The molecule has 0 radical (unpaired) electrons. The van der Waals surface area contributed by atoms with E-state index in [1.54, 1.807) is 6.92 Å². The Hall–Kier alpha value is -4.70. The fraction of sp³-hybridized carbons (Fsp3) is 0.267. The number of hydrogen-bond donors (Lipinski definition) is 1. The molecule has 0 atom stereocenters. The molecule has 1 fully saturated rings. The summed E-state index contributed by atoms with van der Waals surface area (Å²) in [5.41, 5.74) is 14.0. The number of nitrogens with two attached hydrogens (primary N) is 1. The Morgan fingerprint density at radius 3 is 2.60 bits per heavy atom. The van der Waals surface area contributed by atoms with Gasteiger partial charge in [-0.3, -0.25) is 9.48 Å². The Kier molecular flexibility index (Phi) is 5.96. The minimum absolute atomic E-state index is 0.0466. The highest BCUT2D eigenvalue weighted by Crippen LogP contribution is 2.40. The van der Waals surface area contributed by atoms with Crippen molar-refractivity contribution in [3.8, 4) is 22.5 Å². The van der Waals surface area contributed by atoms with Gasteiger partial charge in [-0.25, -0.2) is 9.50 Å². The van der Waals surface area contributed by atoms with E-state index >= 15 is 0 Å². The average Bonchev–Trinajstić information content (AvgIpc) is 3.63. The predicted octanol–water partition coefficient (Wildman–Crippen LogP) is 4.70. The quantitative estimate of drug-likeness (QED) is 0.356. The molecule has 2 N–H and O–H groups in total. The number of fused-ring (bicyclic) bond motifs is 2. The van der Waals surface area contributed by atoms with E-state index in [0.29, 0.717) is 18.9 Å². The second-order valence-corrected chi connectivity index (χ2v) is 10.2. The number of aromatic nitrogens is 5. The largest absolute Gasteiger partial charge is 0.382 e. The second-order valence-electron chi connectivity index (χ2n) is 10.2. The third kappa shape index (κ3) is 3.99. The molecule has 5 aromatic rings. The van der Waals surface area contributed by atoms with E-state index in [-0.39, 0.29) is 11.9 Å². The molecule has 1 amide bonds. The van der Waals surface area contributed by atoms with Crippen LogP contribution in [0, 0.1) is 0 Å². The number of nitrogens with zero attached hydrogens (tertiary/aromatic N) is 7. The first-order chi connectivity index (χ1) is 19.6. The zero-order chi connectivity index (χ0) is 27.2. The number of anilines is 4. The highest BCUT2D eigenvalue weighted by atomic mass is 16.5. The molecule has 2 aliphatic rings. The molecule has 202 valence electrons. The Balaban J connectivity index is 1.33. The molecule has 7 rings (SSSR count). The molecule has 5 heterocycles. The Labute approximate surface area is 231 Å². The first-order valence-corrected chi connectivity index (χ1v) is 13.6. The molecule has 0 aliphatic carbocycles. The van der Waals surface area contributed by atoms with Crippen molar-refractivity contribution in [2.75, 3.05) is 41.8 Å². The van der Waals surface area contributed by atoms with Gasteiger partial charge in [0.15, 0.2) is 5.82 Å². The fourth-order valence-electron chi connectivity index (χ4n) is 6.01. The third-order valence-corrected chi connectivity index (χ3v) is 7.91. The number of carbonyl (C=O) groups excluding carboxylic acids is 1. The van der Waals surface area contributed by atoms with E-state index in [1.165, 1.54) is 6.33 Å². The Morgan fingerprint density at radius 2 is 1.77 bits per heavy atom. The van der Waals surface area contributed by atoms with Gasteiger partial charge in [-0.1, -0.05) is 24.3 Å². The van der Waals surface area contributed by atoms with Gasteiger partial charge in [0.25, 0.3) is 0 Å². The summed E-state index contributed by atoms with van der Waals surface area (Å²) in [5, 5.41) is 9.30. The number of nitrogen functional groups attached to an aromatic ring is 1. The first kappa shape index (κ1) is 24.3. The zero-order valence-electron chi connectivity index (χ0n) is 22.3. The Morgan fingerprint density at radius 1 is 0.950 bits per heavy atom. The molecule has 10 nitrogen and oxygen atoms in total. The van der Waals surface area contributed by atoms with Gasteiger partial charge < -0.3 is 20.3 Å². The van der Waals surface area contributed by atoms with Crippen LogP contribution in [0.3, 0.4) is 0 Å². The van der Waals surface area contributed by atoms with Gasteiger partial charge in [0.2, 0.25) is 5.91 Å². The van der Waals surface area contributed by atoms with E-state index in [4.69, 9.17) is 10.5 Å². The van der Waals surface area contributed by atoms with Gasteiger partial charge in [-0.05, 0) is 49.2 Å². The molecule has 2 aromatic carbocycles. The van der Waals surface area contributed by atoms with E-state index in [1.807, 2.05) is 39.9 Å². The highest BCUT2D eigenvalue weighted by Gasteiger charge is 2.27. The molecule has 10 heteroatoms. The SMILES string of the molecule is CC(=O)N1CCN(c2cccc(-c3cc(-c4ccnn4C4CCOCC4)c4c(N)ncnn34)c2)c2ccccc21. The summed E-state index contributed by atoms with van der Waals surface area (Å²) in [7, 11) is 0. The number of amides is 1. The summed E-state index contributed by atoms with van der Waals surface area (Å²) >= 11 is 0. The van der Waals surface area contributed by atoms with Crippen LogP contribution < -0.4 is 15.5 Å². The lowest BCUT2D eigenvalue weighted by Crippen LogP contribution is -2.41. The van der Waals surface area contributed by atoms with Crippen molar-refractivity contribution in [3.63, 3.8) is 0 Å². The van der Waals surface area contributed by atoms with Crippen molar-refractivity contribution in [1.82, 2.24) is 24.4 Å². The second kappa shape index (κ2) is 9.80. The van der Waals surface area contributed by atoms with Crippen LogP contribution in [0.15, 0.2) is 73.2 Å². The smallest absolute Gasteiger partial charge is 0.223 e. The fourth-order valence-corrected chi connectivity index (χ4v) is 6.01. The molecular formula is C30H30N8O2. The molecule has 0 spiro atoms. The van der Waals surface area contributed by atoms with Crippen molar-refractivity contribution in [1.29, 1.82) is 0 Å². The maximum absolute atomic E-state index is 12.3. The summed E-state index contributed by atoms with van der Waals surface area (Å²) in [5.74, 6) is 0.465. The molecule has 2 aliphatic heterocycles. The molecule has 3 aromatic heterocycles. The summed E-state index contributed by atoms with van der Waals surface area (Å²) in [6, 6.07) is 20.9. The van der Waals surface area contributed by atoms with Gasteiger partial charge in [0.05, 0.1) is 28.8 Å². The molecule has 0 saturated carbocycles. The average molecular weight is 535 g/mol. The van der Waals surface area contributed by atoms with Crippen LogP contribution in [-0.4, -0.2) is 56.6 Å². The number of para-hydroxylation sites is 2. The van der Waals surface area contributed by atoms with Gasteiger partial charge in [-0.2, -0.15) is 10.2 Å². The lowest BCUT2D eigenvalue weighted by molar-refractivity contribution is -0.116. The first-order valence-electron chi connectivity index (χ1n) is 13.6. The topological polar surface area (TPSA) is 107 Å². The van der Waals surface area contributed by atoms with Crippen LogP contribution in [0.25, 0.3) is 28.0 Å². The third-order valence-electron chi connectivity index (χ3n) is 7.91. The van der Waals surface area contributed by atoms with Gasteiger partial charge in [0.1, 0.15) is 11.8 Å². The van der Waals surface area contributed by atoms with Crippen LogP contribution in [0.4, 0.5) is 22.9 Å². The standard InChI is InChI=1S/C30H30N8O2/c1-20(39)35-13-14-36(27-8-3-2-7-26(27)35)23-6-4-5-21(17-23)28-18-24(29-30(31)32-19-34-38(28)29)25-9-12-33-37(25)22-10-15-40-16-11-22/h2-9,12,17-19,22H,10-11,13-16H2,1H3,(H2,31,32,34). The van der Waals surface area contributed by atoms with Crippen LogP contribution in [-0.2, 0) is 9.53 Å². The van der Waals surface area contributed by atoms with Crippen molar-refractivity contribution in [2.45, 2.75) is 25.8 Å². The number of ether oxygens (including phenoxy) is 1. The summed E-state index contributed by atoms with van der Waals surface area (Å²) in [6.45, 7) is 4.39. The van der Waals surface area contributed by atoms with Crippen LogP contribution in [0.1, 0.15) is 25.8 Å². The van der Waals surface area contributed by atoms with Crippen molar-refractivity contribution in [3.05, 3.63) is 73.2 Å². The van der Waals surface area contributed by atoms with E-state index < -0.39 is 0 Å². The normalized spacial score (nSPS) is 15.9. The van der Waals surface area contributed by atoms with Gasteiger partial charge in [-0.15, -0.1) is 0 Å². The lowest BCUT2D eigenvalue weighted by atomic mass is 10.1. The highest BCUT2D eigenvalue weighted by molar-refractivity contribution is 5.98. The minimum atomic E-state index is 0.0466. The maximum Gasteiger partial charge on any atom is 0.223 e. The molecule has 40 heavy (non-hydrogen) atoms.